The van der Waals surface area contributed by atoms with Crippen molar-refractivity contribution < 1.29 is 9.53 Å². The Morgan fingerprint density at radius 2 is 2.31 bits per heavy atom. The van der Waals surface area contributed by atoms with E-state index < -0.39 is 0 Å². The fraction of sp³-hybridized carbons (Fsp3) is 0.300. The summed E-state index contributed by atoms with van der Waals surface area (Å²) in [5.74, 6) is 0.365. The van der Waals surface area contributed by atoms with E-state index in [2.05, 4.69) is 21.2 Å². The number of amides is 1. The van der Waals surface area contributed by atoms with Gasteiger partial charge in [-0.3, -0.25) is 4.79 Å². The van der Waals surface area contributed by atoms with E-state index in [1.807, 2.05) is 0 Å². The van der Waals surface area contributed by atoms with E-state index in [0.29, 0.717) is 27.5 Å². The van der Waals surface area contributed by atoms with Crippen molar-refractivity contribution in [3.8, 4) is 5.75 Å². The summed E-state index contributed by atoms with van der Waals surface area (Å²) in [6.07, 6.45) is 0.257. The number of nitrogens with one attached hydrogen (secondary N) is 1. The fourth-order valence-corrected chi connectivity index (χ4v) is 2.18. The van der Waals surface area contributed by atoms with Gasteiger partial charge in [-0.05, 0) is 28.1 Å². The molecular weight excluding hydrogens is 295 g/mol. The average Bonchev–Trinajstić information content (AvgIpc) is 2.17. The minimum Gasteiger partial charge on any atom is -0.493 e. The third kappa shape index (κ3) is 3.37. The molecule has 4 nitrogen and oxygen atoms in total. The number of methoxy groups -OCH3 is 1. The molecular formula is C10H12BrClN2O2. The number of hydrogen-bond donors (Lipinski definition) is 2. The van der Waals surface area contributed by atoms with Crippen molar-refractivity contribution in [3.63, 3.8) is 0 Å². The molecule has 0 aliphatic heterocycles. The Labute approximate surface area is 107 Å². The third-order valence-corrected chi connectivity index (χ3v) is 2.67. The molecule has 6 heteroatoms. The van der Waals surface area contributed by atoms with E-state index >= 15 is 0 Å². The van der Waals surface area contributed by atoms with Crippen molar-refractivity contribution in [1.82, 2.24) is 0 Å². The normalized spacial score (nSPS) is 10.0. The number of ether oxygens (including phenoxy) is 1. The van der Waals surface area contributed by atoms with Crippen LogP contribution < -0.4 is 15.8 Å². The monoisotopic (exact) mass is 306 g/mol. The molecule has 1 amide bonds. The molecule has 16 heavy (non-hydrogen) atoms. The second kappa shape index (κ2) is 6.08. The molecule has 0 bridgehead atoms. The van der Waals surface area contributed by atoms with Crippen molar-refractivity contribution in [1.29, 1.82) is 0 Å². The van der Waals surface area contributed by atoms with Gasteiger partial charge in [0.2, 0.25) is 5.91 Å². The quantitative estimate of drug-likeness (QED) is 0.898. The van der Waals surface area contributed by atoms with Crippen molar-refractivity contribution in [2.24, 2.45) is 5.73 Å². The zero-order valence-corrected chi connectivity index (χ0v) is 11.1. The first-order valence-corrected chi connectivity index (χ1v) is 5.78. The van der Waals surface area contributed by atoms with E-state index in [4.69, 9.17) is 22.1 Å². The van der Waals surface area contributed by atoms with Crippen LogP contribution >= 0.6 is 27.5 Å². The van der Waals surface area contributed by atoms with Crippen LogP contribution in [0.5, 0.6) is 5.75 Å². The molecule has 0 unspecified atom stereocenters. The lowest BCUT2D eigenvalue weighted by molar-refractivity contribution is -0.116. The first kappa shape index (κ1) is 13.3. The van der Waals surface area contributed by atoms with Crippen LogP contribution in [0.15, 0.2) is 16.6 Å². The fourth-order valence-electron chi connectivity index (χ4n) is 1.20. The summed E-state index contributed by atoms with van der Waals surface area (Å²) in [5, 5.41) is 3.20. The minimum absolute atomic E-state index is 0.171. The highest BCUT2D eigenvalue weighted by atomic mass is 79.9. The smallest absolute Gasteiger partial charge is 0.225 e. The highest BCUT2D eigenvalue weighted by Crippen LogP contribution is 2.36. The summed E-state index contributed by atoms with van der Waals surface area (Å²) >= 11 is 9.18. The van der Waals surface area contributed by atoms with Gasteiger partial charge in [-0.25, -0.2) is 0 Å². The lowest BCUT2D eigenvalue weighted by atomic mass is 10.2. The molecule has 88 valence electrons. The lowest BCUT2D eigenvalue weighted by Crippen LogP contribution is -2.16. The molecule has 0 aromatic heterocycles. The Kier molecular flexibility index (Phi) is 5.05. The molecule has 0 spiro atoms. The van der Waals surface area contributed by atoms with Crippen LogP contribution in [0.3, 0.4) is 0 Å². The van der Waals surface area contributed by atoms with Gasteiger partial charge in [-0.1, -0.05) is 11.6 Å². The summed E-state index contributed by atoms with van der Waals surface area (Å²) in [7, 11) is 1.52. The van der Waals surface area contributed by atoms with Gasteiger partial charge in [0.05, 0.1) is 17.3 Å². The lowest BCUT2D eigenvalue weighted by Gasteiger charge is -2.12. The number of carbonyl (C=O) groups excluding carboxylic acids is 1. The van der Waals surface area contributed by atoms with Gasteiger partial charge in [0.15, 0.2) is 5.75 Å². The second-order valence-electron chi connectivity index (χ2n) is 3.06. The zero-order chi connectivity index (χ0) is 12.1. The highest BCUT2D eigenvalue weighted by molar-refractivity contribution is 9.10. The van der Waals surface area contributed by atoms with Crippen molar-refractivity contribution in [2.75, 3.05) is 19.0 Å². The number of rotatable bonds is 4. The Bertz CT molecular complexity index is 399. The Hall–Kier alpha value is -0.780. The van der Waals surface area contributed by atoms with Crippen LogP contribution in [0.4, 0.5) is 5.69 Å². The van der Waals surface area contributed by atoms with E-state index in [1.165, 1.54) is 7.11 Å². The van der Waals surface area contributed by atoms with Gasteiger partial charge in [0.1, 0.15) is 0 Å². The van der Waals surface area contributed by atoms with Crippen LogP contribution in [0.25, 0.3) is 0 Å². The van der Waals surface area contributed by atoms with Gasteiger partial charge in [0.25, 0.3) is 0 Å². The maximum Gasteiger partial charge on any atom is 0.225 e. The standard InChI is InChI=1S/C10H12BrClN2O2/c1-16-10-7(11)4-6(12)5-8(10)14-9(15)2-3-13/h4-5H,2-3,13H2,1H3,(H,14,15). The predicted molar refractivity (Wildman–Crippen MR) is 68.0 cm³/mol. The van der Waals surface area contributed by atoms with Gasteiger partial charge in [-0.2, -0.15) is 0 Å². The van der Waals surface area contributed by atoms with Crippen molar-refractivity contribution >= 4 is 39.1 Å². The van der Waals surface area contributed by atoms with Crippen LogP contribution in [0.2, 0.25) is 5.02 Å². The van der Waals surface area contributed by atoms with E-state index in [1.54, 1.807) is 12.1 Å². The zero-order valence-electron chi connectivity index (χ0n) is 8.72. The summed E-state index contributed by atoms with van der Waals surface area (Å²) in [6, 6.07) is 3.32. The molecule has 0 saturated heterocycles. The third-order valence-electron chi connectivity index (χ3n) is 1.86. The second-order valence-corrected chi connectivity index (χ2v) is 4.35. The number of anilines is 1. The van der Waals surface area contributed by atoms with Crippen molar-refractivity contribution in [2.45, 2.75) is 6.42 Å². The number of halogens is 2. The van der Waals surface area contributed by atoms with Gasteiger partial charge in [-0.15, -0.1) is 0 Å². The number of benzene rings is 1. The summed E-state index contributed by atoms with van der Waals surface area (Å²) in [4.78, 5) is 11.4. The maximum absolute atomic E-state index is 11.4. The van der Waals surface area contributed by atoms with Gasteiger partial charge < -0.3 is 15.8 Å². The molecule has 0 aliphatic rings. The van der Waals surface area contributed by atoms with E-state index in [-0.39, 0.29) is 12.3 Å². The van der Waals surface area contributed by atoms with E-state index in [0.717, 1.165) is 0 Å². The SMILES string of the molecule is COc1c(Br)cc(Cl)cc1NC(=O)CCN. The molecule has 1 rings (SSSR count). The number of nitrogens with two attached hydrogens (primary N) is 1. The maximum atomic E-state index is 11.4. The largest absolute Gasteiger partial charge is 0.493 e. The Balaban J connectivity index is 2.97. The molecule has 0 saturated carbocycles. The number of carbonyl (C=O) groups is 1. The molecule has 0 fully saturated rings. The number of hydrogen-bond acceptors (Lipinski definition) is 3. The summed E-state index contributed by atoms with van der Waals surface area (Å²) in [5.41, 5.74) is 5.81. The molecule has 1 aromatic rings. The molecule has 0 aliphatic carbocycles. The van der Waals surface area contributed by atoms with Crippen LogP contribution in [-0.4, -0.2) is 19.6 Å². The highest BCUT2D eigenvalue weighted by Gasteiger charge is 2.11. The molecule has 0 radical (unpaired) electrons. The summed E-state index contributed by atoms with van der Waals surface area (Å²) in [6.45, 7) is 0.301. The van der Waals surface area contributed by atoms with Gasteiger partial charge >= 0.3 is 0 Å². The van der Waals surface area contributed by atoms with Gasteiger partial charge in [0, 0.05) is 18.0 Å². The molecule has 1 aromatic carbocycles. The topological polar surface area (TPSA) is 64.3 Å². The predicted octanol–water partition coefficient (Wildman–Crippen LogP) is 2.40. The van der Waals surface area contributed by atoms with E-state index in [9.17, 15) is 4.79 Å². The van der Waals surface area contributed by atoms with Crippen LogP contribution in [-0.2, 0) is 4.79 Å². The molecule has 3 N–H and O–H groups in total. The average molecular weight is 308 g/mol. The Morgan fingerprint density at radius 1 is 1.62 bits per heavy atom. The Morgan fingerprint density at radius 3 is 2.88 bits per heavy atom. The molecule has 0 heterocycles. The molecule has 0 atom stereocenters. The minimum atomic E-state index is -0.171. The van der Waals surface area contributed by atoms with Crippen LogP contribution in [0.1, 0.15) is 6.42 Å². The van der Waals surface area contributed by atoms with Crippen molar-refractivity contribution in [3.05, 3.63) is 21.6 Å². The first-order valence-electron chi connectivity index (χ1n) is 4.61. The van der Waals surface area contributed by atoms with Crippen LogP contribution in [0, 0.1) is 0 Å². The summed E-state index contributed by atoms with van der Waals surface area (Å²) < 4.78 is 5.84. The first-order chi connectivity index (χ1) is 7.58.